The molecule has 37 heavy (non-hydrogen) atoms. The molecule has 0 aliphatic carbocycles. The number of methoxy groups -OCH3 is 1. The van der Waals surface area contributed by atoms with Gasteiger partial charge in [0, 0.05) is 24.9 Å². The number of likely N-dealkylation sites (N-methyl/N-ethyl adjacent to an activating group) is 1. The Labute approximate surface area is 224 Å². The van der Waals surface area contributed by atoms with Crippen LogP contribution in [0.1, 0.15) is 55.3 Å². The Morgan fingerprint density at radius 2 is 1.81 bits per heavy atom. The highest BCUT2D eigenvalue weighted by Gasteiger charge is 2.42. The van der Waals surface area contributed by atoms with Crippen molar-refractivity contribution in [1.29, 1.82) is 0 Å². The zero-order chi connectivity index (χ0) is 26.2. The van der Waals surface area contributed by atoms with Crippen molar-refractivity contribution in [2.24, 2.45) is 0 Å². The van der Waals surface area contributed by atoms with E-state index in [4.69, 9.17) is 14.2 Å². The fraction of sp³-hybridized carbons (Fsp3) is 0.464. The predicted molar refractivity (Wildman–Crippen MR) is 146 cm³/mol. The second-order valence-electron chi connectivity index (χ2n) is 8.78. The zero-order valence-electron chi connectivity index (χ0n) is 21.5. The van der Waals surface area contributed by atoms with E-state index in [1.165, 1.54) is 18.7 Å². The van der Waals surface area contributed by atoms with Crippen molar-refractivity contribution in [3.63, 3.8) is 0 Å². The van der Waals surface area contributed by atoms with Gasteiger partial charge >= 0.3 is 11.9 Å². The first-order chi connectivity index (χ1) is 17.3. The number of nitrogens with zero attached hydrogens (tertiary/aromatic N) is 2. The van der Waals surface area contributed by atoms with Gasteiger partial charge in [-0.05, 0) is 50.3 Å². The lowest BCUT2D eigenvalue weighted by molar-refractivity contribution is -0.152. The highest BCUT2D eigenvalue weighted by atomic mass is 32.2. The summed E-state index contributed by atoms with van der Waals surface area (Å²) in [6.07, 6.45) is 0.592. The molecule has 3 rings (SSSR count). The van der Waals surface area contributed by atoms with Gasteiger partial charge in [-0.25, -0.2) is 4.79 Å². The summed E-state index contributed by atoms with van der Waals surface area (Å²) < 4.78 is 16.5. The van der Waals surface area contributed by atoms with Crippen LogP contribution in [0.15, 0.2) is 47.4 Å². The number of fused-ring (bicyclic) bond motifs is 1. The summed E-state index contributed by atoms with van der Waals surface area (Å²) in [7, 11) is 5.42. The molecule has 0 saturated heterocycles. The van der Waals surface area contributed by atoms with Crippen molar-refractivity contribution < 1.29 is 28.6 Å². The minimum atomic E-state index is -1.08. The molecule has 0 unspecified atom stereocenters. The van der Waals surface area contributed by atoms with Crippen molar-refractivity contribution >= 4 is 35.3 Å². The van der Waals surface area contributed by atoms with Crippen molar-refractivity contribution in [1.82, 2.24) is 4.90 Å². The standard InChI is InChI=1S/C27H34N2O6S.CH4/c1-6-7-17-34-27(32)21-9-8-10-22-25(21)36-24(19-11-13-20(33-5)14-12-19)23(35-18(2)30)26(31)29(22)16-15-28(3)4;/h8-14,23-24H,6-7,15-17H2,1-5H3;1H4/t23-,24+;/m1./s1. The Bertz CT molecular complexity index is 1070. The monoisotopic (exact) mass is 530 g/mol. The van der Waals surface area contributed by atoms with Gasteiger partial charge in [0.15, 0.2) is 6.10 Å². The summed E-state index contributed by atoms with van der Waals surface area (Å²) in [6, 6.07) is 12.6. The maximum atomic E-state index is 13.9. The molecule has 0 saturated carbocycles. The van der Waals surface area contributed by atoms with Crippen LogP contribution >= 0.6 is 11.8 Å². The Hall–Kier alpha value is -3.04. The third-order valence-corrected chi connectivity index (χ3v) is 7.21. The molecule has 2 aromatic rings. The third-order valence-electron chi connectivity index (χ3n) is 5.77. The summed E-state index contributed by atoms with van der Waals surface area (Å²) in [4.78, 5) is 43.3. The first-order valence-corrected chi connectivity index (χ1v) is 12.9. The lowest BCUT2D eigenvalue weighted by atomic mass is 10.1. The second kappa shape index (κ2) is 14.0. The van der Waals surface area contributed by atoms with Crippen LogP contribution in [-0.2, 0) is 19.1 Å². The highest BCUT2D eigenvalue weighted by molar-refractivity contribution is 8.00. The fourth-order valence-electron chi connectivity index (χ4n) is 3.86. The largest absolute Gasteiger partial charge is 0.497 e. The molecule has 1 aliphatic heterocycles. The molecule has 0 fully saturated rings. The maximum absolute atomic E-state index is 13.9. The summed E-state index contributed by atoms with van der Waals surface area (Å²) in [5.41, 5.74) is 1.76. The van der Waals surface area contributed by atoms with Crippen LogP contribution in [0, 0.1) is 0 Å². The predicted octanol–water partition coefficient (Wildman–Crippen LogP) is 4.96. The van der Waals surface area contributed by atoms with E-state index in [1.54, 1.807) is 36.3 Å². The van der Waals surface area contributed by atoms with Gasteiger partial charge in [0.1, 0.15) is 5.75 Å². The van der Waals surface area contributed by atoms with Crippen molar-refractivity contribution in [3.05, 3.63) is 53.6 Å². The number of hydrogen-bond acceptors (Lipinski definition) is 8. The van der Waals surface area contributed by atoms with E-state index in [-0.39, 0.29) is 13.3 Å². The number of hydrogen-bond donors (Lipinski definition) is 0. The summed E-state index contributed by atoms with van der Waals surface area (Å²) >= 11 is 1.34. The SMILES string of the molecule is C.CCCCOC(=O)c1cccc2c1S[C@@H](c1ccc(OC)cc1)[C@@H](OC(C)=O)C(=O)N2CCN(C)C. The van der Waals surface area contributed by atoms with Gasteiger partial charge in [0.05, 0.1) is 30.2 Å². The van der Waals surface area contributed by atoms with Crippen LogP contribution in [0.25, 0.3) is 0 Å². The first kappa shape index (κ1) is 30.2. The molecule has 0 radical (unpaired) electrons. The molecule has 1 aliphatic rings. The number of benzene rings is 2. The molecule has 0 bridgehead atoms. The van der Waals surface area contributed by atoms with Crippen LogP contribution in [0.4, 0.5) is 5.69 Å². The van der Waals surface area contributed by atoms with Crippen molar-refractivity contribution in [3.8, 4) is 5.75 Å². The lowest BCUT2D eigenvalue weighted by Gasteiger charge is -2.28. The topological polar surface area (TPSA) is 85.4 Å². The minimum Gasteiger partial charge on any atom is -0.497 e. The Morgan fingerprint density at radius 3 is 2.41 bits per heavy atom. The normalized spacial score (nSPS) is 16.9. The molecule has 0 spiro atoms. The number of esters is 2. The number of thioether (sulfide) groups is 1. The van der Waals surface area contributed by atoms with E-state index in [1.807, 2.05) is 44.1 Å². The molecular weight excluding hydrogens is 492 g/mol. The number of unbranched alkanes of at least 4 members (excludes halogenated alkanes) is 1. The number of amides is 1. The van der Waals surface area contributed by atoms with Gasteiger partial charge in [-0.1, -0.05) is 39.0 Å². The van der Waals surface area contributed by atoms with Crippen molar-refractivity contribution in [2.45, 2.75) is 50.4 Å². The van der Waals surface area contributed by atoms with Gasteiger partial charge in [0.2, 0.25) is 0 Å². The van der Waals surface area contributed by atoms with E-state index >= 15 is 0 Å². The molecule has 8 nitrogen and oxygen atoms in total. The minimum absolute atomic E-state index is 0. The Kier molecular flexibility index (Phi) is 11.5. The molecule has 9 heteroatoms. The van der Waals surface area contributed by atoms with E-state index < -0.39 is 23.3 Å². The van der Waals surface area contributed by atoms with Crippen LogP contribution in [0.3, 0.4) is 0 Å². The quantitative estimate of drug-likeness (QED) is 0.315. The molecule has 1 amide bonds. The molecule has 0 aromatic heterocycles. The summed E-state index contributed by atoms with van der Waals surface area (Å²) in [5.74, 6) is -0.658. The van der Waals surface area contributed by atoms with E-state index in [0.717, 1.165) is 18.4 Å². The van der Waals surface area contributed by atoms with Gasteiger partial charge in [-0.3, -0.25) is 9.59 Å². The Balaban J connectivity index is 0.00000481. The van der Waals surface area contributed by atoms with Crippen LogP contribution in [0.2, 0.25) is 0 Å². The zero-order valence-corrected chi connectivity index (χ0v) is 22.3. The van der Waals surface area contributed by atoms with E-state index in [2.05, 4.69) is 0 Å². The average Bonchev–Trinajstić information content (AvgIpc) is 2.97. The molecule has 2 aromatic carbocycles. The van der Waals surface area contributed by atoms with Crippen LogP contribution in [-0.4, -0.2) is 69.8 Å². The number of carbonyl (C=O) groups excluding carboxylic acids is 3. The van der Waals surface area contributed by atoms with Gasteiger partial charge in [0.25, 0.3) is 5.91 Å². The maximum Gasteiger partial charge on any atom is 0.339 e. The summed E-state index contributed by atoms with van der Waals surface area (Å²) in [6.45, 7) is 4.59. The number of ether oxygens (including phenoxy) is 3. The van der Waals surface area contributed by atoms with Gasteiger partial charge < -0.3 is 24.0 Å². The number of anilines is 1. The summed E-state index contributed by atoms with van der Waals surface area (Å²) in [5, 5.41) is -0.583. The smallest absolute Gasteiger partial charge is 0.339 e. The molecule has 202 valence electrons. The van der Waals surface area contributed by atoms with Crippen LogP contribution < -0.4 is 9.64 Å². The average molecular weight is 531 g/mol. The lowest BCUT2D eigenvalue weighted by Crippen LogP contribution is -2.45. The number of rotatable bonds is 10. The van der Waals surface area contributed by atoms with Crippen LogP contribution in [0.5, 0.6) is 5.75 Å². The molecule has 2 atom stereocenters. The Morgan fingerprint density at radius 1 is 1.11 bits per heavy atom. The van der Waals surface area contributed by atoms with Gasteiger partial charge in [-0.15, -0.1) is 11.8 Å². The molecular formula is C28H38N2O6S. The van der Waals surface area contributed by atoms with Crippen molar-refractivity contribution in [2.75, 3.05) is 45.8 Å². The van der Waals surface area contributed by atoms with E-state index in [9.17, 15) is 14.4 Å². The fourth-order valence-corrected chi connectivity index (χ4v) is 5.28. The van der Waals surface area contributed by atoms with Gasteiger partial charge in [-0.2, -0.15) is 0 Å². The second-order valence-corrected chi connectivity index (χ2v) is 9.93. The molecule has 0 N–H and O–H groups in total. The highest BCUT2D eigenvalue weighted by Crippen LogP contribution is 2.48. The number of carbonyl (C=O) groups is 3. The molecule has 1 heterocycles. The third kappa shape index (κ3) is 7.49. The van der Waals surface area contributed by atoms with E-state index in [0.29, 0.717) is 41.6 Å². The first-order valence-electron chi connectivity index (χ1n) is 12.0.